The van der Waals surface area contributed by atoms with Gasteiger partial charge in [0.25, 0.3) is 0 Å². The summed E-state index contributed by atoms with van der Waals surface area (Å²) in [5.41, 5.74) is 0.547. The van der Waals surface area contributed by atoms with Crippen LogP contribution in [0.5, 0.6) is 5.75 Å². The first-order valence-electron chi connectivity index (χ1n) is 8.58. The van der Waals surface area contributed by atoms with E-state index in [2.05, 4.69) is 10.1 Å². The first-order chi connectivity index (χ1) is 12.5. The van der Waals surface area contributed by atoms with Crippen molar-refractivity contribution in [3.05, 3.63) is 24.3 Å². The maximum atomic E-state index is 12.7. The maximum absolute atomic E-state index is 12.7. The lowest BCUT2D eigenvalue weighted by molar-refractivity contribution is -0.153. The van der Waals surface area contributed by atoms with E-state index in [0.717, 1.165) is 0 Å². The fraction of sp³-hybridized carbons (Fsp3) is 0.588. The van der Waals surface area contributed by atoms with Crippen LogP contribution in [0.25, 0.3) is 0 Å². The molecule has 152 valence electrons. The van der Waals surface area contributed by atoms with Gasteiger partial charge in [-0.25, -0.2) is 8.42 Å². The number of hydrogen-bond acceptors (Lipinski definition) is 5. The number of carbonyl (C=O) groups is 1. The van der Waals surface area contributed by atoms with E-state index in [0.29, 0.717) is 18.7 Å². The van der Waals surface area contributed by atoms with Gasteiger partial charge in [-0.05, 0) is 44.5 Å². The zero-order valence-electron chi connectivity index (χ0n) is 15.1. The molecule has 0 unspecified atom stereocenters. The van der Waals surface area contributed by atoms with Crippen molar-refractivity contribution >= 4 is 21.4 Å². The molecule has 0 spiro atoms. The van der Waals surface area contributed by atoms with Crippen LogP contribution < -0.4 is 10.1 Å². The molecule has 2 atom stereocenters. The Hall–Kier alpha value is -1.97. The van der Waals surface area contributed by atoms with E-state index in [1.54, 1.807) is 18.7 Å². The van der Waals surface area contributed by atoms with Crippen molar-refractivity contribution in [3.8, 4) is 5.75 Å². The van der Waals surface area contributed by atoms with Crippen LogP contribution >= 0.6 is 0 Å². The van der Waals surface area contributed by atoms with Gasteiger partial charge in [-0.15, -0.1) is 0 Å². The van der Waals surface area contributed by atoms with Crippen LogP contribution in [0.15, 0.2) is 24.3 Å². The summed E-state index contributed by atoms with van der Waals surface area (Å²) in [6, 6.07) is 4.86. The van der Waals surface area contributed by atoms with Crippen LogP contribution in [-0.2, 0) is 14.6 Å². The van der Waals surface area contributed by atoms with Crippen molar-refractivity contribution in [2.75, 3.05) is 30.0 Å². The predicted molar refractivity (Wildman–Crippen MR) is 95.5 cm³/mol. The van der Waals surface area contributed by atoms with Gasteiger partial charge in [0.05, 0.1) is 11.5 Å². The molecule has 1 aromatic carbocycles. The van der Waals surface area contributed by atoms with Gasteiger partial charge in [0.15, 0.2) is 16.4 Å². The van der Waals surface area contributed by atoms with Gasteiger partial charge in [-0.3, -0.25) is 4.79 Å². The molecule has 2 rings (SSSR count). The third-order valence-corrected chi connectivity index (χ3v) is 6.03. The topological polar surface area (TPSA) is 75.7 Å². The monoisotopic (exact) mass is 408 g/mol. The Morgan fingerprint density at radius 3 is 2.44 bits per heavy atom. The molecule has 6 nitrogen and oxygen atoms in total. The number of carbonyl (C=O) groups excluding carboxylic acids is 1. The van der Waals surface area contributed by atoms with E-state index in [9.17, 15) is 26.4 Å². The number of benzene rings is 1. The number of rotatable bonds is 7. The number of alkyl halides is 3. The molecule has 1 aliphatic rings. The summed E-state index contributed by atoms with van der Waals surface area (Å²) in [5, 5.41) is 2.98. The molecule has 0 radical (unpaired) electrons. The quantitative estimate of drug-likeness (QED) is 0.750. The number of amides is 1. The van der Waals surface area contributed by atoms with Crippen molar-refractivity contribution in [1.29, 1.82) is 0 Å². The van der Waals surface area contributed by atoms with Crippen LogP contribution in [0.2, 0.25) is 0 Å². The average molecular weight is 408 g/mol. The maximum Gasteiger partial charge on any atom is 0.422 e. The second-order valence-corrected chi connectivity index (χ2v) is 8.70. The average Bonchev–Trinajstić information content (AvgIpc) is 2.93. The molecule has 0 aliphatic carbocycles. The van der Waals surface area contributed by atoms with E-state index in [4.69, 9.17) is 0 Å². The number of nitrogens with one attached hydrogen (secondary N) is 1. The Balaban J connectivity index is 1.95. The van der Waals surface area contributed by atoms with Crippen LogP contribution in [-0.4, -0.2) is 62.1 Å². The number of likely N-dealkylation sites (N-methyl/N-ethyl adjacent to an activating group) is 1. The molecule has 10 heteroatoms. The molecule has 27 heavy (non-hydrogen) atoms. The van der Waals surface area contributed by atoms with Crippen LogP contribution in [0.1, 0.15) is 20.3 Å². The number of halogens is 3. The smallest absolute Gasteiger partial charge is 0.422 e. The molecule has 1 aromatic rings. The molecule has 1 aliphatic heterocycles. The Kier molecular flexibility index (Phi) is 6.61. The number of sulfone groups is 1. The molecule has 0 bridgehead atoms. The van der Waals surface area contributed by atoms with E-state index in [-0.39, 0.29) is 29.2 Å². The van der Waals surface area contributed by atoms with Gasteiger partial charge < -0.3 is 15.0 Å². The highest BCUT2D eigenvalue weighted by atomic mass is 32.2. The Labute approximate surface area is 156 Å². The molecule has 1 fully saturated rings. The normalized spacial score (nSPS) is 20.1. The molecule has 1 N–H and O–H groups in total. The second kappa shape index (κ2) is 8.37. The second-order valence-electron chi connectivity index (χ2n) is 6.48. The molecule has 0 aromatic heterocycles. The minimum Gasteiger partial charge on any atom is -0.484 e. The Morgan fingerprint density at radius 2 is 1.96 bits per heavy atom. The van der Waals surface area contributed by atoms with Crippen LogP contribution in [0, 0.1) is 0 Å². The summed E-state index contributed by atoms with van der Waals surface area (Å²) in [5.74, 6) is -0.0899. The molecule has 1 amide bonds. The zero-order valence-corrected chi connectivity index (χ0v) is 15.9. The van der Waals surface area contributed by atoms with E-state index in [1.165, 1.54) is 24.3 Å². The summed E-state index contributed by atoms with van der Waals surface area (Å²) in [4.78, 5) is 14.2. The largest absolute Gasteiger partial charge is 0.484 e. The molecule has 1 heterocycles. The van der Waals surface area contributed by atoms with E-state index in [1.807, 2.05) is 0 Å². The lowest BCUT2D eigenvalue weighted by atomic mass is 10.1. The van der Waals surface area contributed by atoms with Gasteiger partial charge in [-0.1, -0.05) is 0 Å². The summed E-state index contributed by atoms with van der Waals surface area (Å²) in [6.07, 6.45) is -3.98. The SMILES string of the molecule is CCN(C(=O)[C@H](C)Nc1ccc(OCC(F)(F)F)cc1)[C@@H]1CCS(=O)(=O)C1. The van der Waals surface area contributed by atoms with Gasteiger partial charge in [0.1, 0.15) is 11.8 Å². The molecular weight excluding hydrogens is 385 g/mol. The van der Waals surface area contributed by atoms with Crippen molar-refractivity contribution in [3.63, 3.8) is 0 Å². The molecule has 1 saturated heterocycles. The first kappa shape index (κ1) is 21.3. The lowest BCUT2D eigenvalue weighted by Gasteiger charge is -2.30. The zero-order chi connectivity index (χ0) is 20.2. The molecule has 0 saturated carbocycles. The standard InChI is InChI=1S/C17H23F3N2O4S/c1-3-22(14-8-9-27(24,25)10-14)16(23)12(2)21-13-4-6-15(7-5-13)26-11-17(18,19)20/h4-7,12,14,21H,3,8-11H2,1-2H3/t12-,14+/m0/s1. The number of nitrogens with zero attached hydrogens (tertiary/aromatic N) is 1. The van der Waals surface area contributed by atoms with E-state index < -0.39 is 28.7 Å². The van der Waals surface area contributed by atoms with Gasteiger partial charge in [-0.2, -0.15) is 13.2 Å². The lowest BCUT2D eigenvalue weighted by Crippen LogP contribution is -2.47. The first-order valence-corrected chi connectivity index (χ1v) is 10.4. The Bertz CT molecular complexity index is 750. The predicted octanol–water partition coefficient (Wildman–Crippen LogP) is 2.46. The summed E-state index contributed by atoms with van der Waals surface area (Å²) in [6.45, 7) is 2.48. The van der Waals surface area contributed by atoms with Crippen molar-refractivity contribution in [2.45, 2.75) is 38.5 Å². The number of ether oxygens (including phenoxy) is 1. The highest BCUT2D eigenvalue weighted by molar-refractivity contribution is 7.91. The minimum absolute atomic E-state index is 0.0233. The van der Waals surface area contributed by atoms with Crippen molar-refractivity contribution < 1.29 is 31.1 Å². The fourth-order valence-electron chi connectivity index (χ4n) is 2.99. The Morgan fingerprint density at radius 1 is 1.33 bits per heavy atom. The summed E-state index contributed by atoms with van der Waals surface area (Å²) < 4.78 is 64.4. The minimum atomic E-state index is -4.41. The van der Waals surface area contributed by atoms with E-state index >= 15 is 0 Å². The molecular formula is C17H23F3N2O4S. The summed E-state index contributed by atoms with van der Waals surface area (Å²) >= 11 is 0. The number of hydrogen-bond donors (Lipinski definition) is 1. The van der Waals surface area contributed by atoms with Gasteiger partial charge in [0, 0.05) is 18.3 Å². The highest BCUT2D eigenvalue weighted by Gasteiger charge is 2.35. The van der Waals surface area contributed by atoms with Crippen LogP contribution in [0.4, 0.5) is 18.9 Å². The third kappa shape index (κ3) is 6.30. The fourth-order valence-corrected chi connectivity index (χ4v) is 4.72. The summed E-state index contributed by atoms with van der Waals surface area (Å²) in [7, 11) is -3.10. The van der Waals surface area contributed by atoms with Gasteiger partial charge in [0.2, 0.25) is 5.91 Å². The third-order valence-electron chi connectivity index (χ3n) is 4.28. The highest BCUT2D eigenvalue weighted by Crippen LogP contribution is 2.22. The van der Waals surface area contributed by atoms with Crippen molar-refractivity contribution in [1.82, 2.24) is 4.90 Å². The van der Waals surface area contributed by atoms with Gasteiger partial charge >= 0.3 is 6.18 Å². The number of anilines is 1. The van der Waals surface area contributed by atoms with Crippen molar-refractivity contribution in [2.24, 2.45) is 0 Å². The van der Waals surface area contributed by atoms with Crippen LogP contribution in [0.3, 0.4) is 0 Å².